The highest BCUT2D eigenvalue weighted by molar-refractivity contribution is 7.10. The number of methoxy groups -OCH3 is 1. The van der Waals surface area contributed by atoms with Gasteiger partial charge in [0.2, 0.25) is 0 Å². The largest absolute Gasteiger partial charge is 0.384 e. The van der Waals surface area contributed by atoms with Crippen LogP contribution in [-0.2, 0) is 4.74 Å². The fourth-order valence-corrected chi connectivity index (χ4v) is 5.05. The SMILES string of the molecule is CCNC(=NCC(c1cccs1)N1CCC(C)CC1)N1CCC(COC)C1. The predicted octanol–water partition coefficient (Wildman–Crippen LogP) is 3.45. The van der Waals surface area contributed by atoms with Crippen molar-refractivity contribution < 1.29 is 4.74 Å². The molecule has 0 saturated carbocycles. The van der Waals surface area contributed by atoms with E-state index in [2.05, 4.69) is 46.5 Å². The van der Waals surface area contributed by atoms with Gasteiger partial charge in [-0.2, -0.15) is 0 Å². The molecule has 0 amide bonds. The molecule has 152 valence electrons. The van der Waals surface area contributed by atoms with E-state index in [1.54, 1.807) is 7.11 Å². The minimum absolute atomic E-state index is 0.406. The normalized spacial score (nSPS) is 23.7. The number of piperidine rings is 1. The molecule has 2 unspecified atom stereocenters. The van der Waals surface area contributed by atoms with E-state index in [0.29, 0.717) is 12.0 Å². The summed E-state index contributed by atoms with van der Waals surface area (Å²) in [4.78, 5) is 11.6. The molecular formula is C21H36N4OS. The molecule has 1 N–H and O–H groups in total. The second-order valence-corrected chi connectivity index (χ2v) is 8.98. The van der Waals surface area contributed by atoms with Crippen molar-refractivity contribution in [3.63, 3.8) is 0 Å². The Kier molecular flexibility index (Phi) is 7.97. The lowest BCUT2D eigenvalue weighted by atomic mass is 9.97. The predicted molar refractivity (Wildman–Crippen MR) is 115 cm³/mol. The quantitative estimate of drug-likeness (QED) is 0.570. The van der Waals surface area contributed by atoms with Crippen molar-refractivity contribution in [3.05, 3.63) is 22.4 Å². The summed E-state index contributed by atoms with van der Waals surface area (Å²) in [5.41, 5.74) is 0. The van der Waals surface area contributed by atoms with Gasteiger partial charge in [-0.25, -0.2) is 0 Å². The molecule has 1 aromatic rings. The maximum absolute atomic E-state index is 5.36. The molecule has 2 aliphatic rings. The second-order valence-electron chi connectivity index (χ2n) is 8.00. The van der Waals surface area contributed by atoms with Gasteiger partial charge in [-0.15, -0.1) is 11.3 Å². The fraction of sp³-hybridized carbons (Fsp3) is 0.762. The summed E-state index contributed by atoms with van der Waals surface area (Å²) in [6, 6.07) is 4.86. The first-order valence-corrected chi connectivity index (χ1v) is 11.4. The van der Waals surface area contributed by atoms with E-state index in [1.165, 1.54) is 37.2 Å². The zero-order valence-corrected chi connectivity index (χ0v) is 18.0. The zero-order chi connectivity index (χ0) is 19.1. The van der Waals surface area contributed by atoms with Crippen LogP contribution in [0.2, 0.25) is 0 Å². The summed E-state index contributed by atoms with van der Waals surface area (Å²) in [7, 11) is 1.80. The van der Waals surface area contributed by atoms with Crippen LogP contribution in [-0.4, -0.2) is 68.7 Å². The summed E-state index contributed by atoms with van der Waals surface area (Å²) in [5, 5.41) is 5.71. The van der Waals surface area contributed by atoms with E-state index in [-0.39, 0.29) is 0 Å². The van der Waals surface area contributed by atoms with Crippen LogP contribution >= 0.6 is 11.3 Å². The van der Waals surface area contributed by atoms with Crippen molar-refractivity contribution in [2.75, 3.05) is 53.0 Å². The highest BCUT2D eigenvalue weighted by atomic mass is 32.1. The topological polar surface area (TPSA) is 40.1 Å². The zero-order valence-electron chi connectivity index (χ0n) is 17.2. The number of hydrogen-bond donors (Lipinski definition) is 1. The lowest BCUT2D eigenvalue weighted by Gasteiger charge is -2.36. The molecule has 1 aromatic heterocycles. The molecule has 3 rings (SSSR count). The fourth-order valence-electron chi connectivity index (χ4n) is 4.20. The van der Waals surface area contributed by atoms with Crippen LogP contribution in [0.25, 0.3) is 0 Å². The van der Waals surface area contributed by atoms with E-state index >= 15 is 0 Å². The van der Waals surface area contributed by atoms with Crippen LogP contribution in [0.4, 0.5) is 0 Å². The van der Waals surface area contributed by atoms with Gasteiger partial charge in [-0.3, -0.25) is 9.89 Å². The summed E-state index contributed by atoms with van der Waals surface area (Å²) in [6.45, 7) is 11.6. The number of nitrogens with one attached hydrogen (secondary N) is 1. The highest BCUT2D eigenvalue weighted by Crippen LogP contribution is 2.30. The van der Waals surface area contributed by atoms with Gasteiger partial charge in [0.15, 0.2) is 5.96 Å². The third-order valence-corrected chi connectivity index (χ3v) is 6.84. The maximum Gasteiger partial charge on any atom is 0.193 e. The van der Waals surface area contributed by atoms with Crippen LogP contribution in [0.3, 0.4) is 0 Å². The van der Waals surface area contributed by atoms with E-state index in [0.717, 1.165) is 44.7 Å². The molecule has 2 saturated heterocycles. The monoisotopic (exact) mass is 392 g/mol. The Morgan fingerprint density at radius 1 is 1.33 bits per heavy atom. The van der Waals surface area contributed by atoms with Gasteiger partial charge in [0.25, 0.3) is 0 Å². The van der Waals surface area contributed by atoms with Gasteiger partial charge in [0.1, 0.15) is 0 Å². The van der Waals surface area contributed by atoms with Crippen LogP contribution < -0.4 is 5.32 Å². The van der Waals surface area contributed by atoms with E-state index in [1.807, 2.05) is 11.3 Å². The van der Waals surface area contributed by atoms with E-state index in [4.69, 9.17) is 9.73 Å². The Labute approximate surface area is 168 Å². The Balaban J connectivity index is 1.69. The number of thiophene rings is 1. The molecule has 27 heavy (non-hydrogen) atoms. The van der Waals surface area contributed by atoms with Gasteiger partial charge in [0, 0.05) is 37.5 Å². The van der Waals surface area contributed by atoms with Crippen molar-refractivity contribution >= 4 is 17.3 Å². The third-order valence-electron chi connectivity index (χ3n) is 5.87. The van der Waals surface area contributed by atoms with Crippen molar-refractivity contribution in [2.24, 2.45) is 16.8 Å². The lowest BCUT2D eigenvalue weighted by molar-refractivity contribution is 0.143. The van der Waals surface area contributed by atoms with E-state index in [9.17, 15) is 0 Å². The van der Waals surface area contributed by atoms with Crippen molar-refractivity contribution in [2.45, 2.75) is 39.2 Å². The van der Waals surface area contributed by atoms with Gasteiger partial charge in [-0.1, -0.05) is 13.0 Å². The Bertz CT molecular complexity index is 569. The number of nitrogens with zero attached hydrogens (tertiary/aromatic N) is 3. The number of aliphatic imine (C=N–C) groups is 1. The van der Waals surface area contributed by atoms with Crippen LogP contribution in [0.1, 0.15) is 44.0 Å². The molecule has 2 aliphatic heterocycles. The Hall–Kier alpha value is -1.11. The first-order chi connectivity index (χ1) is 13.2. The van der Waals surface area contributed by atoms with Crippen LogP contribution in [0, 0.1) is 11.8 Å². The van der Waals surface area contributed by atoms with Gasteiger partial charge in [-0.05, 0) is 56.6 Å². The second kappa shape index (κ2) is 10.4. The number of likely N-dealkylation sites (tertiary alicyclic amines) is 2. The molecule has 5 nitrogen and oxygen atoms in total. The number of rotatable bonds is 7. The summed E-state index contributed by atoms with van der Waals surface area (Å²) in [5.74, 6) is 2.55. The maximum atomic E-state index is 5.36. The number of guanidine groups is 1. The lowest BCUT2D eigenvalue weighted by Crippen LogP contribution is -2.42. The number of hydrogen-bond acceptors (Lipinski definition) is 4. The molecule has 6 heteroatoms. The Morgan fingerprint density at radius 3 is 2.81 bits per heavy atom. The molecule has 0 aromatic carbocycles. The summed E-state index contributed by atoms with van der Waals surface area (Å²) < 4.78 is 5.36. The smallest absolute Gasteiger partial charge is 0.193 e. The van der Waals surface area contributed by atoms with E-state index < -0.39 is 0 Å². The highest BCUT2D eigenvalue weighted by Gasteiger charge is 2.27. The molecule has 0 aliphatic carbocycles. The Morgan fingerprint density at radius 2 is 2.15 bits per heavy atom. The summed E-state index contributed by atoms with van der Waals surface area (Å²) in [6.07, 6.45) is 3.80. The minimum atomic E-state index is 0.406. The molecule has 2 fully saturated rings. The summed E-state index contributed by atoms with van der Waals surface area (Å²) >= 11 is 1.87. The molecule has 0 radical (unpaired) electrons. The van der Waals surface area contributed by atoms with Crippen LogP contribution in [0.5, 0.6) is 0 Å². The average Bonchev–Trinajstić information content (AvgIpc) is 3.35. The molecule has 2 atom stereocenters. The molecular weight excluding hydrogens is 356 g/mol. The van der Waals surface area contributed by atoms with Crippen molar-refractivity contribution in [3.8, 4) is 0 Å². The van der Waals surface area contributed by atoms with Gasteiger partial charge in [0.05, 0.1) is 19.2 Å². The third kappa shape index (κ3) is 5.69. The van der Waals surface area contributed by atoms with Gasteiger partial charge >= 0.3 is 0 Å². The molecule has 0 bridgehead atoms. The van der Waals surface area contributed by atoms with Crippen LogP contribution in [0.15, 0.2) is 22.5 Å². The number of ether oxygens (including phenoxy) is 1. The van der Waals surface area contributed by atoms with Gasteiger partial charge < -0.3 is 15.0 Å². The van der Waals surface area contributed by atoms with Crippen molar-refractivity contribution in [1.82, 2.24) is 15.1 Å². The molecule has 0 spiro atoms. The van der Waals surface area contributed by atoms with Crippen molar-refractivity contribution in [1.29, 1.82) is 0 Å². The molecule has 3 heterocycles. The first-order valence-electron chi connectivity index (χ1n) is 10.5. The first kappa shape index (κ1) is 20.6. The standard InChI is InChI=1S/C21H36N4OS/c1-4-22-21(25-12-9-18(15-25)16-26-3)23-14-19(20-6-5-13-27-20)24-10-7-17(2)8-11-24/h5-6,13,17-19H,4,7-12,14-16H2,1-3H3,(H,22,23). The minimum Gasteiger partial charge on any atom is -0.384 e. The average molecular weight is 393 g/mol.